The van der Waals surface area contributed by atoms with Crippen LogP contribution in [0.15, 0.2) is 17.0 Å². The second-order valence-corrected chi connectivity index (χ2v) is 8.88. The van der Waals surface area contributed by atoms with Gasteiger partial charge in [-0.05, 0) is 12.1 Å². The summed E-state index contributed by atoms with van der Waals surface area (Å²) in [6.07, 6.45) is 0. The molecule has 2 nitrogen and oxygen atoms in total. The zero-order valence-corrected chi connectivity index (χ0v) is 12.5. The number of benzene rings is 1. The predicted octanol–water partition coefficient (Wildman–Crippen LogP) is 4.75. The van der Waals surface area contributed by atoms with E-state index in [-0.39, 0.29) is 15.1 Å². The maximum Gasteiger partial charge on any atom is 0.297 e. The Labute approximate surface area is 122 Å². The minimum atomic E-state index is -4.28. The van der Waals surface area contributed by atoms with Crippen LogP contribution in [0, 0.1) is 0 Å². The van der Waals surface area contributed by atoms with Crippen LogP contribution in [0.2, 0.25) is 15.1 Å². The van der Waals surface area contributed by atoms with Crippen molar-refractivity contribution in [1.29, 1.82) is 0 Å². The lowest BCUT2D eigenvalue weighted by molar-refractivity contribution is 0.596. The molecule has 0 fully saturated rings. The van der Waals surface area contributed by atoms with Crippen LogP contribution in [0.25, 0.3) is 0 Å². The quantitative estimate of drug-likeness (QED) is 0.676. The van der Waals surface area contributed by atoms with Crippen molar-refractivity contribution >= 4 is 79.4 Å². The highest BCUT2D eigenvalue weighted by molar-refractivity contribution is 7.97. The Balaban J connectivity index is 3.59. The van der Waals surface area contributed by atoms with Crippen molar-refractivity contribution in [2.75, 3.05) is 0 Å². The van der Waals surface area contributed by atoms with E-state index >= 15 is 0 Å². The molecule has 0 saturated heterocycles. The third-order valence-corrected chi connectivity index (χ3v) is 5.99. The van der Waals surface area contributed by atoms with Crippen LogP contribution in [0.1, 0.15) is 0 Å². The van der Waals surface area contributed by atoms with Gasteiger partial charge in [-0.1, -0.05) is 69.6 Å². The maximum atomic E-state index is 11.8. The van der Waals surface area contributed by atoms with Crippen molar-refractivity contribution < 1.29 is 8.42 Å². The number of rotatable bonds is 1. The van der Waals surface area contributed by atoms with E-state index < -0.39 is 17.9 Å². The fourth-order valence-electron chi connectivity index (χ4n) is 0.901. The van der Waals surface area contributed by atoms with E-state index in [1.165, 1.54) is 12.1 Å². The van der Waals surface area contributed by atoms with Crippen LogP contribution in [0.4, 0.5) is 0 Å². The molecule has 0 radical (unpaired) electrons. The second kappa shape index (κ2) is 4.88. The summed E-state index contributed by atoms with van der Waals surface area (Å²) in [5.41, 5.74) is 0. The molecule has 9 heteroatoms. The van der Waals surface area contributed by atoms with Gasteiger partial charge in [-0.3, -0.25) is 0 Å². The van der Waals surface area contributed by atoms with E-state index in [0.717, 1.165) is 0 Å². The summed E-state index contributed by atoms with van der Waals surface area (Å²) in [7, 11) is -4.28. The number of halogens is 6. The molecule has 90 valence electrons. The zero-order valence-electron chi connectivity index (χ0n) is 7.15. The molecule has 0 N–H and O–H groups in total. The first-order valence-electron chi connectivity index (χ1n) is 3.53. The van der Waals surface area contributed by atoms with E-state index in [9.17, 15) is 8.42 Å². The third kappa shape index (κ3) is 2.83. The average Bonchev–Trinajstić information content (AvgIpc) is 1.97. The molecular weight excluding hydrogens is 361 g/mol. The third-order valence-electron chi connectivity index (χ3n) is 1.54. The van der Waals surface area contributed by atoms with E-state index in [2.05, 4.69) is 0 Å². The van der Waals surface area contributed by atoms with Crippen LogP contribution in [0.5, 0.6) is 0 Å². The summed E-state index contributed by atoms with van der Waals surface area (Å²) in [5, 5.41) is -0.231. The molecule has 1 aromatic carbocycles. The Morgan fingerprint density at radius 3 is 1.62 bits per heavy atom. The SMILES string of the molecule is O=S(=O)(c1c(Cl)cc(Cl)cc1Cl)C(Cl)(Cl)Cl. The Kier molecular flexibility index (Phi) is 4.57. The van der Waals surface area contributed by atoms with Crippen LogP contribution in [0.3, 0.4) is 0 Å². The van der Waals surface area contributed by atoms with E-state index in [4.69, 9.17) is 69.6 Å². The Bertz CT molecular complexity index is 495. The second-order valence-electron chi connectivity index (χ2n) is 2.65. The molecule has 0 bridgehead atoms. The molecule has 0 atom stereocenters. The highest BCUT2D eigenvalue weighted by Gasteiger charge is 2.42. The first-order chi connectivity index (χ1) is 7.07. The minimum Gasteiger partial charge on any atom is -0.219 e. The smallest absolute Gasteiger partial charge is 0.219 e. The van der Waals surface area contributed by atoms with Crippen LogP contribution < -0.4 is 0 Å². The summed E-state index contributed by atoms with van der Waals surface area (Å²) >= 11 is 33.0. The first kappa shape index (κ1) is 15.0. The highest BCUT2D eigenvalue weighted by Crippen LogP contribution is 2.43. The largest absolute Gasteiger partial charge is 0.297 e. The van der Waals surface area contributed by atoms with E-state index in [0.29, 0.717) is 0 Å². The molecule has 0 aliphatic rings. The van der Waals surface area contributed by atoms with Crippen molar-refractivity contribution in [3.8, 4) is 0 Å². The molecule has 1 aromatic rings. The molecule has 0 amide bonds. The molecule has 0 aromatic heterocycles. The monoisotopic (exact) mass is 360 g/mol. The summed E-state index contributed by atoms with van der Waals surface area (Å²) in [5.74, 6) is 0. The van der Waals surface area contributed by atoms with E-state index in [1.807, 2.05) is 0 Å². The van der Waals surface area contributed by atoms with Crippen molar-refractivity contribution in [2.24, 2.45) is 0 Å². The molecule has 16 heavy (non-hydrogen) atoms. The van der Waals surface area contributed by atoms with Crippen molar-refractivity contribution in [2.45, 2.75) is 8.02 Å². The highest BCUT2D eigenvalue weighted by atomic mass is 35.6. The zero-order chi connectivity index (χ0) is 12.7. The molecule has 0 unspecified atom stereocenters. The topological polar surface area (TPSA) is 34.1 Å². The molecule has 0 saturated carbocycles. The summed E-state index contributed by atoms with van der Waals surface area (Å²) < 4.78 is 21.1. The first-order valence-corrected chi connectivity index (χ1v) is 7.28. The van der Waals surface area contributed by atoms with Gasteiger partial charge in [0.05, 0.1) is 10.0 Å². The molecule has 0 heterocycles. The van der Waals surface area contributed by atoms with Gasteiger partial charge in [0.2, 0.25) is 9.84 Å². The van der Waals surface area contributed by atoms with Crippen LogP contribution in [-0.2, 0) is 9.84 Å². The van der Waals surface area contributed by atoms with Crippen molar-refractivity contribution in [1.82, 2.24) is 0 Å². The lowest BCUT2D eigenvalue weighted by atomic mass is 10.4. The van der Waals surface area contributed by atoms with Crippen molar-refractivity contribution in [3.63, 3.8) is 0 Å². The maximum absolute atomic E-state index is 11.8. The molecule has 1 rings (SSSR count). The van der Waals surface area contributed by atoms with Gasteiger partial charge < -0.3 is 0 Å². The predicted molar refractivity (Wildman–Crippen MR) is 68.9 cm³/mol. The standard InChI is InChI=1S/C7H2Cl6O2S/c8-3-1-4(9)6(5(10)2-3)16(14,15)7(11,12)13/h1-2H. The van der Waals surface area contributed by atoms with Crippen LogP contribution in [-0.4, -0.2) is 11.5 Å². The summed E-state index contributed by atoms with van der Waals surface area (Å²) in [4.78, 5) is -0.458. The van der Waals surface area contributed by atoms with Gasteiger partial charge in [-0.25, -0.2) is 8.42 Å². The van der Waals surface area contributed by atoms with Crippen LogP contribution >= 0.6 is 69.6 Å². The number of hydrogen-bond acceptors (Lipinski definition) is 2. The lowest BCUT2D eigenvalue weighted by Gasteiger charge is -2.14. The van der Waals surface area contributed by atoms with Gasteiger partial charge in [0.1, 0.15) is 4.90 Å². The Morgan fingerprint density at radius 2 is 1.31 bits per heavy atom. The average molecular weight is 363 g/mol. The molecular formula is C7H2Cl6O2S. The van der Waals surface area contributed by atoms with E-state index in [1.54, 1.807) is 0 Å². The van der Waals surface area contributed by atoms with Gasteiger partial charge in [0.15, 0.2) is 0 Å². The lowest BCUT2D eigenvalue weighted by Crippen LogP contribution is -2.20. The fraction of sp³-hybridized carbons (Fsp3) is 0.143. The summed E-state index contributed by atoms with van der Waals surface area (Å²) in [6, 6.07) is 2.39. The molecule has 0 spiro atoms. The molecule has 0 aliphatic heterocycles. The fourth-order valence-corrected chi connectivity index (χ4v) is 3.88. The Hall–Kier alpha value is 0.910. The normalized spacial score (nSPS) is 12.9. The Morgan fingerprint density at radius 1 is 0.938 bits per heavy atom. The number of alkyl halides is 3. The van der Waals surface area contributed by atoms with Gasteiger partial charge in [-0.15, -0.1) is 0 Å². The van der Waals surface area contributed by atoms with Gasteiger partial charge in [0, 0.05) is 5.02 Å². The minimum absolute atomic E-state index is 0.179. The van der Waals surface area contributed by atoms with Crippen molar-refractivity contribution in [3.05, 3.63) is 27.2 Å². The number of sulfone groups is 1. The number of hydrogen-bond donors (Lipinski definition) is 0. The van der Waals surface area contributed by atoms with Gasteiger partial charge in [0.25, 0.3) is 3.12 Å². The van der Waals surface area contributed by atoms with Gasteiger partial charge in [-0.2, -0.15) is 0 Å². The summed E-state index contributed by atoms with van der Waals surface area (Å²) in [6.45, 7) is 0. The molecule has 0 aliphatic carbocycles. The van der Waals surface area contributed by atoms with Gasteiger partial charge >= 0.3 is 0 Å².